The van der Waals surface area contributed by atoms with E-state index in [1.807, 2.05) is 0 Å². The van der Waals surface area contributed by atoms with E-state index in [-0.39, 0.29) is 16.5 Å². The van der Waals surface area contributed by atoms with Gasteiger partial charge >= 0.3 is 0 Å². The molecule has 0 atom stereocenters. The van der Waals surface area contributed by atoms with Gasteiger partial charge in [0.15, 0.2) is 9.84 Å². The first-order valence-corrected chi connectivity index (χ1v) is 7.04. The number of nitrogens with two attached hydrogens (primary N) is 1. The van der Waals surface area contributed by atoms with Gasteiger partial charge in [-0.15, -0.1) is 0 Å². The van der Waals surface area contributed by atoms with Crippen molar-refractivity contribution in [3.63, 3.8) is 0 Å². The molecule has 1 rings (SSSR count). The van der Waals surface area contributed by atoms with E-state index in [2.05, 4.69) is 20.9 Å². The van der Waals surface area contributed by atoms with Gasteiger partial charge in [0, 0.05) is 24.4 Å². The Labute approximate surface area is 103 Å². The first-order chi connectivity index (χ1) is 7.47. The van der Waals surface area contributed by atoms with Crippen molar-refractivity contribution in [3.8, 4) is 0 Å². The Hall–Kier alpha value is -0.660. The fourth-order valence-electron chi connectivity index (χ4n) is 1.18. The zero-order valence-electron chi connectivity index (χ0n) is 8.81. The number of nitrogens with zero attached hydrogens (tertiary/aromatic N) is 1. The molecular formula is C9H13BrN2O3S. The molecule has 16 heavy (non-hydrogen) atoms. The Morgan fingerprint density at radius 1 is 1.56 bits per heavy atom. The van der Waals surface area contributed by atoms with Crippen LogP contribution in [0.4, 0.5) is 5.82 Å². The third-order valence-electron chi connectivity index (χ3n) is 1.94. The minimum absolute atomic E-state index is 0.00315. The number of ether oxygens (including phenoxy) is 1. The molecule has 7 heteroatoms. The molecule has 0 radical (unpaired) electrons. The van der Waals surface area contributed by atoms with E-state index in [9.17, 15) is 8.42 Å². The van der Waals surface area contributed by atoms with Crippen molar-refractivity contribution in [2.75, 3.05) is 25.2 Å². The average Bonchev–Trinajstić information content (AvgIpc) is 2.22. The Morgan fingerprint density at radius 3 is 2.88 bits per heavy atom. The van der Waals surface area contributed by atoms with E-state index in [0.717, 1.165) is 0 Å². The first-order valence-electron chi connectivity index (χ1n) is 4.60. The standard InChI is InChI=1S/C9H13BrN2O3S/c1-15-3-2-4-16(13,14)8-5-7(10)6-12-9(8)11/h5-6H,2-4H2,1H3,(H2,11,12). The number of aromatic nitrogens is 1. The lowest BCUT2D eigenvalue weighted by Crippen LogP contribution is -2.12. The molecule has 2 N–H and O–H groups in total. The van der Waals surface area contributed by atoms with E-state index >= 15 is 0 Å². The molecule has 0 aromatic carbocycles. The van der Waals surface area contributed by atoms with Gasteiger partial charge in [-0.25, -0.2) is 13.4 Å². The molecule has 1 heterocycles. The Bertz CT molecular complexity index is 462. The predicted octanol–water partition coefficient (Wildman–Crippen LogP) is 1.24. The van der Waals surface area contributed by atoms with Crippen LogP contribution in [0.1, 0.15) is 6.42 Å². The number of rotatable bonds is 5. The molecule has 1 aromatic rings. The minimum atomic E-state index is -3.38. The molecule has 90 valence electrons. The monoisotopic (exact) mass is 308 g/mol. The van der Waals surface area contributed by atoms with E-state index in [1.54, 1.807) is 0 Å². The maximum Gasteiger partial charge on any atom is 0.182 e. The van der Waals surface area contributed by atoms with Crippen molar-refractivity contribution in [1.82, 2.24) is 4.98 Å². The molecular weight excluding hydrogens is 296 g/mol. The van der Waals surface area contributed by atoms with Gasteiger partial charge in [0.25, 0.3) is 0 Å². The fraction of sp³-hybridized carbons (Fsp3) is 0.444. The van der Waals surface area contributed by atoms with Crippen LogP contribution in [0.3, 0.4) is 0 Å². The summed E-state index contributed by atoms with van der Waals surface area (Å²) in [7, 11) is -1.85. The topological polar surface area (TPSA) is 82.3 Å². The minimum Gasteiger partial charge on any atom is -0.385 e. The number of anilines is 1. The van der Waals surface area contributed by atoms with Crippen LogP contribution in [0.25, 0.3) is 0 Å². The van der Waals surface area contributed by atoms with Crippen molar-refractivity contribution in [2.45, 2.75) is 11.3 Å². The molecule has 0 bridgehead atoms. The normalized spacial score (nSPS) is 11.6. The number of halogens is 1. The van der Waals surface area contributed by atoms with Gasteiger partial charge in [0.2, 0.25) is 0 Å². The number of nitrogen functional groups attached to an aromatic ring is 1. The highest BCUT2D eigenvalue weighted by atomic mass is 79.9. The van der Waals surface area contributed by atoms with Crippen LogP contribution >= 0.6 is 15.9 Å². The molecule has 0 saturated heterocycles. The SMILES string of the molecule is COCCCS(=O)(=O)c1cc(Br)cnc1N. The van der Waals surface area contributed by atoms with Crippen molar-refractivity contribution < 1.29 is 13.2 Å². The molecule has 0 aliphatic heterocycles. The molecule has 1 aromatic heterocycles. The van der Waals surface area contributed by atoms with Crippen LogP contribution in [0.2, 0.25) is 0 Å². The van der Waals surface area contributed by atoms with Crippen molar-refractivity contribution in [1.29, 1.82) is 0 Å². The van der Waals surface area contributed by atoms with Gasteiger partial charge in [-0.2, -0.15) is 0 Å². The molecule has 5 nitrogen and oxygen atoms in total. The number of sulfone groups is 1. The lowest BCUT2D eigenvalue weighted by atomic mass is 10.5. The van der Waals surface area contributed by atoms with Crippen LogP contribution in [0.5, 0.6) is 0 Å². The first kappa shape index (κ1) is 13.4. The molecule has 0 amide bonds. The summed E-state index contributed by atoms with van der Waals surface area (Å²) >= 11 is 3.16. The number of hydrogen-bond donors (Lipinski definition) is 1. The lowest BCUT2D eigenvalue weighted by Gasteiger charge is -2.06. The fourth-order valence-corrected chi connectivity index (χ4v) is 3.06. The molecule has 0 saturated carbocycles. The Balaban J connectivity index is 2.93. The maximum absolute atomic E-state index is 11.9. The maximum atomic E-state index is 11.9. The summed E-state index contributed by atoms with van der Waals surface area (Å²) in [6.07, 6.45) is 1.90. The van der Waals surface area contributed by atoms with Crippen molar-refractivity contribution >= 4 is 31.6 Å². The zero-order valence-corrected chi connectivity index (χ0v) is 11.2. The second kappa shape index (κ2) is 5.60. The molecule has 0 aliphatic rings. The third kappa shape index (κ3) is 3.43. The van der Waals surface area contributed by atoms with Crippen molar-refractivity contribution in [3.05, 3.63) is 16.7 Å². The highest BCUT2D eigenvalue weighted by Crippen LogP contribution is 2.22. The van der Waals surface area contributed by atoms with Crippen LogP contribution in [-0.2, 0) is 14.6 Å². The number of pyridine rings is 1. The molecule has 0 aliphatic carbocycles. The summed E-state index contributed by atoms with van der Waals surface area (Å²) in [6, 6.07) is 1.46. The summed E-state index contributed by atoms with van der Waals surface area (Å²) in [5.74, 6) is 0.0315. The summed E-state index contributed by atoms with van der Waals surface area (Å²) in [6.45, 7) is 0.403. The molecule has 0 unspecified atom stereocenters. The highest BCUT2D eigenvalue weighted by molar-refractivity contribution is 9.10. The largest absolute Gasteiger partial charge is 0.385 e. The van der Waals surface area contributed by atoms with E-state index in [4.69, 9.17) is 10.5 Å². The lowest BCUT2D eigenvalue weighted by molar-refractivity contribution is 0.199. The van der Waals surface area contributed by atoms with Gasteiger partial charge in [0.1, 0.15) is 10.7 Å². The predicted molar refractivity (Wildman–Crippen MR) is 64.9 cm³/mol. The van der Waals surface area contributed by atoms with Gasteiger partial charge in [-0.05, 0) is 28.4 Å². The zero-order chi connectivity index (χ0) is 12.2. The smallest absolute Gasteiger partial charge is 0.182 e. The summed E-state index contributed by atoms with van der Waals surface area (Å²) in [5, 5.41) is 0. The van der Waals surface area contributed by atoms with Gasteiger partial charge in [0.05, 0.1) is 5.75 Å². The van der Waals surface area contributed by atoms with Gasteiger partial charge in [-0.1, -0.05) is 0 Å². The second-order valence-corrected chi connectivity index (χ2v) is 6.20. The van der Waals surface area contributed by atoms with Gasteiger partial charge < -0.3 is 10.5 Å². The quantitative estimate of drug-likeness (QED) is 0.827. The average molecular weight is 309 g/mol. The summed E-state index contributed by atoms with van der Waals surface area (Å²) in [4.78, 5) is 3.86. The van der Waals surface area contributed by atoms with Crippen molar-refractivity contribution in [2.24, 2.45) is 0 Å². The molecule has 0 fully saturated rings. The summed E-state index contributed by atoms with van der Waals surface area (Å²) in [5.41, 5.74) is 5.54. The summed E-state index contributed by atoms with van der Waals surface area (Å²) < 4.78 is 29.2. The van der Waals surface area contributed by atoms with Crippen LogP contribution in [0.15, 0.2) is 21.6 Å². The van der Waals surface area contributed by atoms with E-state index in [0.29, 0.717) is 17.5 Å². The van der Waals surface area contributed by atoms with Crippen LogP contribution in [0, 0.1) is 0 Å². The van der Waals surface area contributed by atoms with Crippen LogP contribution in [-0.4, -0.2) is 32.9 Å². The Kier molecular flexibility index (Phi) is 4.69. The van der Waals surface area contributed by atoms with E-state index in [1.165, 1.54) is 19.4 Å². The number of hydrogen-bond acceptors (Lipinski definition) is 5. The Morgan fingerprint density at radius 2 is 2.25 bits per heavy atom. The molecule has 0 spiro atoms. The van der Waals surface area contributed by atoms with E-state index < -0.39 is 9.84 Å². The third-order valence-corrected chi connectivity index (χ3v) is 4.20. The van der Waals surface area contributed by atoms with Gasteiger partial charge in [-0.3, -0.25) is 0 Å². The second-order valence-electron chi connectivity index (χ2n) is 3.20. The van der Waals surface area contributed by atoms with Crippen LogP contribution < -0.4 is 5.73 Å². The highest BCUT2D eigenvalue weighted by Gasteiger charge is 2.18. The number of methoxy groups -OCH3 is 1.